The minimum Gasteiger partial charge on any atom is -0.497 e. The Morgan fingerprint density at radius 1 is 0.407 bits per heavy atom. The highest BCUT2D eigenvalue weighted by Gasteiger charge is 2.45. The molecule has 1 aliphatic carbocycles. The largest absolute Gasteiger partial charge is 0.497 e. The number of carbonyl (C=O) groups excluding carboxylic acids is 4. The molecule has 16 heterocycles. The van der Waals surface area contributed by atoms with Crippen molar-refractivity contribution in [3.8, 4) is 51.8 Å². The van der Waals surface area contributed by atoms with Gasteiger partial charge in [-0.05, 0) is 171 Å². The number of alkyl halides is 7. The molecule has 4 aromatic carbocycles. The molecule has 4 amide bonds. The summed E-state index contributed by atoms with van der Waals surface area (Å²) in [6.45, 7) is 14.1. The van der Waals surface area contributed by atoms with E-state index in [1.807, 2.05) is 67.4 Å². The van der Waals surface area contributed by atoms with Crippen LogP contribution in [0, 0.1) is 11.3 Å². The van der Waals surface area contributed by atoms with Gasteiger partial charge in [-0.3, -0.25) is 33.3 Å². The van der Waals surface area contributed by atoms with Gasteiger partial charge in [0.25, 0.3) is 0 Å². The first-order valence-corrected chi connectivity index (χ1v) is 43.5. The van der Waals surface area contributed by atoms with Gasteiger partial charge in [-0.15, -0.1) is 0 Å². The van der Waals surface area contributed by atoms with E-state index < -0.39 is 91.0 Å². The van der Waals surface area contributed by atoms with E-state index in [-0.39, 0.29) is 85.7 Å². The zero-order valence-corrected chi connectivity index (χ0v) is 74.1. The average molecular weight is 1860 g/mol. The number of cyclic esters (lactones) is 4. The summed E-state index contributed by atoms with van der Waals surface area (Å²) in [5.74, 6) is 5.68. The molecule has 0 bridgehead atoms. The number of methoxy groups -OCH3 is 1. The van der Waals surface area contributed by atoms with E-state index in [0.717, 1.165) is 96.8 Å². The summed E-state index contributed by atoms with van der Waals surface area (Å²) in [4.78, 5) is 106. The van der Waals surface area contributed by atoms with E-state index in [9.17, 15) is 49.9 Å². The Balaban J connectivity index is 0.000000120. The summed E-state index contributed by atoms with van der Waals surface area (Å²) >= 11 is 0. The van der Waals surface area contributed by atoms with Crippen LogP contribution in [0.2, 0.25) is 0 Å². The van der Waals surface area contributed by atoms with Gasteiger partial charge >= 0.3 is 30.5 Å². The number of hydrogen-bond donors (Lipinski definition) is 4. The number of aryl methyl sites for hydroxylation is 1. The fraction of sp³-hybridized carbons (Fsp3) is 0.374. The highest BCUT2D eigenvalue weighted by molar-refractivity contribution is 5.92. The Morgan fingerprint density at radius 2 is 0.756 bits per heavy atom. The highest BCUT2D eigenvalue weighted by atomic mass is 19.4. The van der Waals surface area contributed by atoms with Gasteiger partial charge in [-0.1, -0.05) is 12.1 Å². The van der Waals surface area contributed by atoms with Crippen molar-refractivity contribution < 1.29 is 87.8 Å². The van der Waals surface area contributed by atoms with Crippen LogP contribution in [0.3, 0.4) is 0 Å². The van der Waals surface area contributed by atoms with Gasteiger partial charge < -0.3 is 63.7 Å². The summed E-state index contributed by atoms with van der Waals surface area (Å²) in [6, 6.07) is 25.2. The normalized spacial score (nSPS) is 19.2. The van der Waals surface area contributed by atoms with E-state index in [4.69, 9.17) is 43.2 Å². The second-order valence-corrected chi connectivity index (χ2v) is 33.3. The summed E-state index contributed by atoms with van der Waals surface area (Å²) < 4.78 is 146. The molecule has 4 N–H and O–H groups in total. The number of carbonyl (C=O) groups is 4. The van der Waals surface area contributed by atoms with Gasteiger partial charge in [0.05, 0.1) is 117 Å². The molecule has 9 aliphatic rings. The highest BCUT2D eigenvalue weighted by Crippen LogP contribution is 2.46. The van der Waals surface area contributed by atoms with Crippen molar-refractivity contribution in [3.05, 3.63) is 215 Å². The molecule has 21 rings (SSSR count). The number of aromatic nitrogens is 16. The first-order valence-electron chi connectivity index (χ1n) is 43.5. The topological polar surface area (TPSA) is 401 Å². The second kappa shape index (κ2) is 37.3. The van der Waals surface area contributed by atoms with Crippen LogP contribution < -0.4 is 59.8 Å². The van der Waals surface area contributed by atoms with Crippen molar-refractivity contribution in [2.45, 2.75) is 186 Å². The monoisotopic (exact) mass is 1860 g/mol. The molecule has 0 spiro atoms. The molecule has 37 nitrogen and oxygen atoms in total. The fourth-order valence-electron chi connectivity index (χ4n) is 17.1. The lowest BCUT2D eigenvalue weighted by molar-refractivity contribution is -0.137. The third-order valence-corrected chi connectivity index (χ3v) is 24.4. The molecule has 8 aromatic heterocycles. The van der Waals surface area contributed by atoms with E-state index in [0.29, 0.717) is 67.2 Å². The Labute approximate surface area is 766 Å². The van der Waals surface area contributed by atoms with Crippen molar-refractivity contribution in [1.29, 1.82) is 5.26 Å². The van der Waals surface area contributed by atoms with Gasteiger partial charge in [0, 0.05) is 42.6 Å². The van der Waals surface area contributed by atoms with Crippen LogP contribution in [0.25, 0.3) is 22.7 Å². The SMILES string of the molecule is COc1ccc2c(c1)OCc1c([C@H](C)Nc3nccc(N4C(=O)OC[C@@H]4[C@H](C)F)n3)ncn1-2.C[C@H](Nc1nccc(N2C(=O)OC[C@@H]2[C@H](C)F)n1)c1ncn2c1CCc1ccc(C(F)(F)F)cc1-2.C[C@H](Nc1nccc(N2C(=O)OC[C@@H]2[C@H](C)F)n1)c1ncn2c1COc1cc(C#N)ccc1-2.C[C@H](Nc1nccc(N2C(=O)OC[C@@H]2[C@H](C)F)n1)c1ncn2c1COc1cc(C3CC3)ccc1-2. The smallest absolute Gasteiger partial charge is 0.416 e. The van der Waals surface area contributed by atoms with Crippen LogP contribution in [0.1, 0.15) is 166 Å². The van der Waals surface area contributed by atoms with Crippen molar-refractivity contribution in [1.82, 2.24) is 78.1 Å². The van der Waals surface area contributed by atoms with Crippen LogP contribution in [0.5, 0.6) is 23.0 Å². The van der Waals surface area contributed by atoms with Crippen LogP contribution in [-0.2, 0) is 57.8 Å². The molecular weight excluding hydrogens is 1770 g/mol. The number of rotatable bonds is 22. The lowest BCUT2D eigenvalue weighted by Gasteiger charge is -2.23. The van der Waals surface area contributed by atoms with E-state index in [2.05, 4.69) is 110 Å². The van der Waals surface area contributed by atoms with E-state index >= 15 is 0 Å². The van der Waals surface area contributed by atoms with Crippen LogP contribution in [0.4, 0.5) is 97.0 Å². The van der Waals surface area contributed by atoms with Crippen molar-refractivity contribution in [2.24, 2.45) is 0 Å². The molecule has 700 valence electrons. The number of ether oxygens (including phenoxy) is 8. The quantitative estimate of drug-likeness (QED) is 0.0361. The molecule has 1 saturated carbocycles. The predicted octanol–water partition coefficient (Wildman–Crippen LogP) is 15.6. The predicted molar refractivity (Wildman–Crippen MR) is 472 cm³/mol. The molecule has 12 atom stereocenters. The van der Waals surface area contributed by atoms with E-state index in [1.165, 1.54) is 110 Å². The van der Waals surface area contributed by atoms with Gasteiger partial charge in [0.1, 0.15) is 160 Å². The number of amides is 4. The number of hydrogen-bond acceptors (Lipinski definition) is 29. The molecule has 44 heteroatoms. The second-order valence-electron chi connectivity index (χ2n) is 33.3. The molecule has 12 aromatic rings. The Kier molecular flexibility index (Phi) is 24.9. The lowest BCUT2D eigenvalue weighted by Crippen LogP contribution is -2.39. The lowest BCUT2D eigenvalue weighted by atomic mass is 9.97. The van der Waals surface area contributed by atoms with Gasteiger partial charge in [0.15, 0.2) is 0 Å². The molecule has 0 unspecified atom stereocenters. The summed E-state index contributed by atoms with van der Waals surface area (Å²) in [6.07, 6.45) is 4.37. The number of halogens is 7. The fourth-order valence-corrected chi connectivity index (χ4v) is 17.1. The van der Waals surface area contributed by atoms with Crippen LogP contribution >= 0.6 is 0 Å². The third kappa shape index (κ3) is 18.2. The minimum atomic E-state index is -4.44. The van der Waals surface area contributed by atoms with Crippen molar-refractivity contribution in [2.75, 3.05) is 74.4 Å². The number of imidazole rings is 4. The minimum absolute atomic E-state index is 0.00983. The first kappa shape index (κ1) is 90.1. The zero-order valence-electron chi connectivity index (χ0n) is 74.1. The number of anilines is 8. The molecular formula is C91H90F7N25O12. The number of nitriles is 1. The van der Waals surface area contributed by atoms with Crippen LogP contribution in [0.15, 0.2) is 147 Å². The summed E-state index contributed by atoms with van der Waals surface area (Å²) in [7, 11) is 1.61. The molecule has 135 heavy (non-hydrogen) atoms. The van der Waals surface area contributed by atoms with Gasteiger partial charge in [-0.2, -0.15) is 38.4 Å². The number of fused-ring (bicyclic) bond motifs is 12. The Hall–Kier alpha value is -15.5. The van der Waals surface area contributed by atoms with Crippen molar-refractivity contribution >= 4 is 71.4 Å². The number of benzene rings is 4. The van der Waals surface area contributed by atoms with Crippen LogP contribution in [-0.4, -0.2) is 185 Å². The Morgan fingerprint density at radius 3 is 1.11 bits per heavy atom. The maximum Gasteiger partial charge on any atom is 0.416 e. The maximum atomic E-state index is 14.0. The number of nitrogens with one attached hydrogen (secondary N) is 4. The molecule has 8 aliphatic heterocycles. The summed E-state index contributed by atoms with van der Waals surface area (Å²) in [5, 5.41) is 21.9. The summed E-state index contributed by atoms with van der Waals surface area (Å²) in [5.41, 5.74) is 11.6. The van der Waals surface area contributed by atoms with E-state index in [1.54, 1.807) is 48.6 Å². The first-order chi connectivity index (χ1) is 65.0. The molecule has 5 fully saturated rings. The average Bonchev–Trinajstić information content (AvgIpc) is 1.69. The third-order valence-electron chi connectivity index (χ3n) is 24.4. The van der Waals surface area contributed by atoms with Gasteiger partial charge in [-0.25, -0.2) is 76.6 Å². The molecule has 0 radical (unpaired) electrons. The standard InChI is InChI=1S/C24H25FN6O3.C23H22F4N6O2.C22H20FN7O3.C22H23FN6O4/c1-13(25)18-10-34-24(32)31(18)21-7-8-26-23(29-21)28-14(2)22-19-11-33-20-9-16(15-3-4-15)5-6-17(20)30(19)12-27-22;1-12(24)18-10-35-22(34)33(18)19-7-8-28-21(31-19)30-13(2)20-16-6-4-14-3-5-15(23(25,26)27)9-17(14)32(16)11-29-20;1-12(23)16-9-33-22(31)30(16)19-5-6-25-21(28-19)27-13(2)20-17-10-32-18-7-14(8-24)3-4-15(18)29(17)11-26-20;1-12(23)16-9-33-22(30)29(16)19-6-7-24-21(27-19)26-13(2)20-17-10-32-18-8-14(31-3)4-5-15(18)28(17)11-25-20/h5-9,12-15,18H,3-4,10-11H2,1-2H3,(H,26,28,29);3,5,7-9,11-13,18H,4,6,10H2,1-2H3,(H,28,30,31);3-7,11-13,16H,9-10H2,1-2H3,(H,25,27,28);4-8,11-13,16H,9-10H2,1-3H3,(H,24,26,27)/t13-,14-,18+;12-,13-,18+;2*12-,13-,16+/m0000/s1. The van der Waals surface area contributed by atoms with Gasteiger partial charge in [0.2, 0.25) is 23.8 Å². The van der Waals surface area contributed by atoms with Crippen molar-refractivity contribution in [3.63, 3.8) is 0 Å². The maximum absolute atomic E-state index is 14.0. The number of nitrogens with zero attached hydrogens (tertiary/aromatic N) is 21. The molecule has 4 saturated heterocycles. The Bertz CT molecular complexity index is 6540. The zero-order chi connectivity index (χ0) is 94.5.